The standard InChI is InChI=1S/C8H21N3/c1-2-5-10-6-3-7-11-8-4-9/h10-11H,2-9H2,1H3. The molecule has 0 aromatic rings. The molecule has 0 unspecified atom stereocenters. The SMILES string of the molecule is CCCNCCCNCCN. The molecule has 3 nitrogen and oxygen atoms in total. The van der Waals surface area contributed by atoms with Gasteiger partial charge in [-0.15, -0.1) is 0 Å². The molecular weight excluding hydrogens is 138 g/mol. The minimum atomic E-state index is 0.738. The molecule has 0 saturated carbocycles. The lowest BCUT2D eigenvalue weighted by atomic mass is 10.4. The zero-order chi connectivity index (χ0) is 8.36. The fourth-order valence-electron chi connectivity index (χ4n) is 0.867. The molecule has 0 aliphatic heterocycles. The van der Waals surface area contributed by atoms with E-state index in [2.05, 4.69) is 17.6 Å². The lowest BCUT2D eigenvalue weighted by molar-refractivity contribution is 0.595. The fraction of sp³-hybridized carbons (Fsp3) is 1.00. The molecule has 0 aromatic carbocycles. The molecule has 0 radical (unpaired) electrons. The highest BCUT2D eigenvalue weighted by atomic mass is 14.9. The second-order valence-corrected chi connectivity index (χ2v) is 2.64. The maximum atomic E-state index is 5.31. The molecule has 11 heavy (non-hydrogen) atoms. The highest BCUT2D eigenvalue weighted by Gasteiger charge is 1.85. The maximum Gasteiger partial charge on any atom is 0.00745 e. The molecule has 0 atom stereocenters. The summed E-state index contributed by atoms with van der Waals surface area (Å²) in [6, 6.07) is 0. The van der Waals surface area contributed by atoms with Crippen molar-refractivity contribution in [3.63, 3.8) is 0 Å². The Morgan fingerprint density at radius 1 is 1.00 bits per heavy atom. The molecule has 0 aliphatic carbocycles. The third kappa shape index (κ3) is 9.88. The van der Waals surface area contributed by atoms with Gasteiger partial charge < -0.3 is 16.4 Å². The normalized spacial score (nSPS) is 10.4. The van der Waals surface area contributed by atoms with Crippen LogP contribution in [-0.4, -0.2) is 32.7 Å². The fourth-order valence-corrected chi connectivity index (χ4v) is 0.867. The number of hydrogen-bond donors (Lipinski definition) is 3. The van der Waals surface area contributed by atoms with Gasteiger partial charge in [-0.05, 0) is 32.5 Å². The van der Waals surface area contributed by atoms with Crippen LogP contribution in [0.25, 0.3) is 0 Å². The number of hydrogen-bond acceptors (Lipinski definition) is 3. The van der Waals surface area contributed by atoms with E-state index in [1.54, 1.807) is 0 Å². The van der Waals surface area contributed by atoms with Crippen LogP contribution < -0.4 is 16.4 Å². The Morgan fingerprint density at radius 2 is 1.64 bits per heavy atom. The van der Waals surface area contributed by atoms with E-state index in [9.17, 15) is 0 Å². The average Bonchev–Trinajstić information content (AvgIpc) is 2.03. The average molecular weight is 159 g/mol. The van der Waals surface area contributed by atoms with Crippen LogP contribution in [0.3, 0.4) is 0 Å². The molecule has 68 valence electrons. The van der Waals surface area contributed by atoms with E-state index in [0.29, 0.717) is 0 Å². The van der Waals surface area contributed by atoms with Gasteiger partial charge in [0.1, 0.15) is 0 Å². The van der Waals surface area contributed by atoms with Gasteiger partial charge in [0, 0.05) is 13.1 Å². The van der Waals surface area contributed by atoms with Crippen molar-refractivity contribution in [2.24, 2.45) is 5.73 Å². The molecule has 0 bridgehead atoms. The third-order valence-corrected chi connectivity index (χ3v) is 1.45. The van der Waals surface area contributed by atoms with Gasteiger partial charge in [-0.1, -0.05) is 6.92 Å². The molecule has 0 saturated heterocycles. The summed E-state index contributed by atoms with van der Waals surface area (Å²) in [5, 5.41) is 6.59. The smallest absolute Gasteiger partial charge is 0.00745 e. The summed E-state index contributed by atoms with van der Waals surface area (Å²) in [6.07, 6.45) is 2.41. The van der Waals surface area contributed by atoms with Crippen LogP contribution in [-0.2, 0) is 0 Å². The molecule has 0 rings (SSSR count). The lowest BCUT2D eigenvalue weighted by Gasteiger charge is -2.03. The van der Waals surface area contributed by atoms with Crippen molar-refractivity contribution in [2.45, 2.75) is 19.8 Å². The monoisotopic (exact) mass is 159 g/mol. The summed E-state index contributed by atoms with van der Waals surface area (Å²) in [5.41, 5.74) is 5.31. The van der Waals surface area contributed by atoms with Crippen LogP contribution in [0.5, 0.6) is 0 Å². The van der Waals surface area contributed by atoms with E-state index in [4.69, 9.17) is 5.73 Å². The van der Waals surface area contributed by atoms with Gasteiger partial charge >= 0.3 is 0 Å². The summed E-state index contributed by atoms with van der Waals surface area (Å²) in [4.78, 5) is 0. The number of nitrogens with two attached hydrogens (primary N) is 1. The van der Waals surface area contributed by atoms with Gasteiger partial charge in [-0.3, -0.25) is 0 Å². The van der Waals surface area contributed by atoms with Crippen molar-refractivity contribution in [1.29, 1.82) is 0 Å². The Balaban J connectivity index is 2.69. The third-order valence-electron chi connectivity index (χ3n) is 1.45. The Labute approximate surface area is 69.7 Å². The van der Waals surface area contributed by atoms with Crippen molar-refractivity contribution in [3.8, 4) is 0 Å². The van der Waals surface area contributed by atoms with Crippen LogP contribution in [0.4, 0.5) is 0 Å². The highest BCUT2D eigenvalue weighted by Crippen LogP contribution is 1.74. The van der Waals surface area contributed by atoms with Crippen LogP contribution >= 0.6 is 0 Å². The maximum absolute atomic E-state index is 5.31. The topological polar surface area (TPSA) is 50.1 Å². The number of rotatable bonds is 8. The molecule has 3 heteroatoms. The minimum absolute atomic E-state index is 0.738. The van der Waals surface area contributed by atoms with E-state index in [-0.39, 0.29) is 0 Å². The van der Waals surface area contributed by atoms with Crippen molar-refractivity contribution in [2.75, 3.05) is 32.7 Å². The minimum Gasteiger partial charge on any atom is -0.329 e. The van der Waals surface area contributed by atoms with Gasteiger partial charge in [0.15, 0.2) is 0 Å². The van der Waals surface area contributed by atoms with E-state index in [1.807, 2.05) is 0 Å². The van der Waals surface area contributed by atoms with Crippen LogP contribution in [0.1, 0.15) is 19.8 Å². The largest absolute Gasteiger partial charge is 0.329 e. The van der Waals surface area contributed by atoms with Crippen molar-refractivity contribution in [1.82, 2.24) is 10.6 Å². The number of nitrogens with one attached hydrogen (secondary N) is 2. The van der Waals surface area contributed by atoms with E-state index in [1.165, 1.54) is 12.8 Å². The Morgan fingerprint density at radius 3 is 2.18 bits per heavy atom. The quantitative estimate of drug-likeness (QED) is 0.434. The molecular formula is C8H21N3. The van der Waals surface area contributed by atoms with Gasteiger partial charge in [-0.2, -0.15) is 0 Å². The van der Waals surface area contributed by atoms with Gasteiger partial charge in [-0.25, -0.2) is 0 Å². The van der Waals surface area contributed by atoms with E-state index < -0.39 is 0 Å². The molecule has 0 spiro atoms. The van der Waals surface area contributed by atoms with Crippen molar-refractivity contribution < 1.29 is 0 Å². The predicted molar refractivity (Wildman–Crippen MR) is 49.7 cm³/mol. The molecule has 0 fully saturated rings. The summed E-state index contributed by atoms with van der Waals surface area (Å²) < 4.78 is 0. The zero-order valence-corrected chi connectivity index (χ0v) is 7.53. The zero-order valence-electron chi connectivity index (χ0n) is 7.53. The molecule has 0 amide bonds. The van der Waals surface area contributed by atoms with Crippen LogP contribution in [0.2, 0.25) is 0 Å². The van der Waals surface area contributed by atoms with Gasteiger partial charge in [0.2, 0.25) is 0 Å². The Kier molecular flexibility index (Phi) is 9.77. The summed E-state index contributed by atoms with van der Waals surface area (Å²) >= 11 is 0. The Hall–Kier alpha value is -0.120. The highest BCUT2D eigenvalue weighted by molar-refractivity contribution is 4.51. The first-order chi connectivity index (χ1) is 5.41. The van der Waals surface area contributed by atoms with Gasteiger partial charge in [0.25, 0.3) is 0 Å². The van der Waals surface area contributed by atoms with Crippen LogP contribution in [0, 0.1) is 0 Å². The first-order valence-electron chi connectivity index (χ1n) is 4.53. The summed E-state index contributed by atoms with van der Waals surface area (Å²) in [7, 11) is 0. The molecule has 0 heterocycles. The van der Waals surface area contributed by atoms with E-state index >= 15 is 0 Å². The van der Waals surface area contributed by atoms with Crippen molar-refractivity contribution in [3.05, 3.63) is 0 Å². The van der Waals surface area contributed by atoms with Gasteiger partial charge in [0.05, 0.1) is 0 Å². The lowest BCUT2D eigenvalue weighted by Crippen LogP contribution is -2.26. The van der Waals surface area contributed by atoms with Crippen molar-refractivity contribution >= 4 is 0 Å². The molecule has 4 N–H and O–H groups in total. The van der Waals surface area contributed by atoms with E-state index in [0.717, 1.165) is 32.7 Å². The second kappa shape index (κ2) is 9.88. The first kappa shape index (κ1) is 10.9. The first-order valence-corrected chi connectivity index (χ1v) is 4.53. The second-order valence-electron chi connectivity index (χ2n) is 2.64. The predicted octanol–water partition coefficient (Wildman–Crippen LogP) is -0.0756. The molecule has 0 aromatic heterocycles. The summed E-state index contributed by atoms with van der Waals surface area (Å²) in [6.45, 7) is 7.19. The summed E-state index contributed by atoms with van der Waals surface area (Å²) in [5.74, 6) is 0. The Bertz CT molecular complexity index is 58.4. The van der Waals surface area contributed by atoms with Crippen LogP contribution in [0.15, 0.2) is 0 Å². The molecule has 0 aliphatic rings.